The summed E-state index contributed by atoms with van der Waals surface area (Å²) in [4.78, 5) is 7.36. The average Bonchev–Trinajstić information content (AvgIpc) is 3.46. The van der Waals surface area contributed by atoms with Gasteiger partial charge in [0.25, 0.3) is 0 Å². The van der Waals surface area contributed by atoms with Gasteiger partial charge in [0.15, 0.2) is 11.5 Å². The molecule has 5 rings (SSSR count). The van der Waals surface area contributed by atoms with E-state index >= 15 is 0 Å². The van der Waals surface area contributed by atoms with Crippen molar-refractivity contribution in [3.05, 3.63) is 66.4 Å². The highest BCUT2D eigenvalue weighted by Gasteiger charge is 2.25. The van der Waals surface area contributed by atoms with Gasteiger partial charge in [-0.15, -0.1) is 0 Å². The van der Waals surface area contributed by atoms with Crippen molar-refractivity contribution in [3.63, 3.8) is 0 Å². The standard InChI is InChI=1S/C25H30N6O/c1-18(2)30-15-19(13-26-30)14-29-11-5-7-22(16-29)25-27-24-10-9-21(17-31(24)28-25)20-6-4-8-23(12-20)32-3/h4,6,8-10,12-13,15,17-18,22H,5,7,11,14,16H2,1-3H3/t22-/m0/s1. The number of hydrogen-bond donors (Lipinski definition) is 0. The van der Waals surface area contributed by atoms with Crippen molar-refractivity contribution in [3.8, 4) is 16.9 Å². The van der Waals surface area contributed by atoms with Gasteiger partial charge in [0.1, 0.15) is 5.75 Å². The van der Waals surface area contributed by atoms with Gasteiger partial charge in [-0.2, -0.15) is 10.2 Å². The van der Waals surface area contributed by atoms with E-state index in [-0.39, 0.29) is 0 Å². The molecule has 1 aromatic carbocycles. The van der Waals surface area contributed by atoms with E-state index in [4.69, 9.17) is 14.8 Å². The number of aromatic nitrogens is 5. The number of pyridine rings is 1. The number of rotatable bonds is 6. The third kappa shape index (κ3) is 4.25. The fourth-order valence-electron chi connectivity index (χ4n) is 4.46. The predicted octanol–water partition coefficient (Wildman–Crippen LogP) is 4.56. The van der Waals surface area contributed by atoms with Crippen LogP contribution in [0.4, 0.5) is 0 Å². The Morgan fingerprint density at radius 3 is 2.84 bits per heavy atom. The molecule has 166 valence electrons. The maximum atomic E-state index is 5.37. The van der Waals surface area contributed by atoms with Crippen LogP contribution in [-0.4, -0.2) is 49.5 Å². The Bertz CT molecular complexity index is 1210. The summed E-state index contributed by atoms with van der Waals surface area (Å²) in [6, 6.07) is 12.6. The van der Waals surface area contributed by atoms with E-state index in [0.29, 0.717) is 12.0 Å². The summed E-state index contributed by atoms with van der Waals surface area (Å²) in [6.07, 6.45) is 8.50. The van der Waals surface area contributed by atoms with Crippen molar-refractivity contribution < 1.29 is 4.74 Å². The number of methoxy groups -OCH3 is 1. The summed E-state index contributed by atoms with van der Waals surface area (Å²) >= 11 is 0. The lowest BCUT2D eigenvalue weighted by molar-refractivity contribution is 0.196. The number of likely N-dealkylation sites (tertiary alicyclic amines) is 1. The van der Waals surface area contributed by atoms with Gasteiger partial charge in [0.2, 0.25) is 0 Å². The molecule has 1 atom stereocenters. The fourth-order valence-corrected chi connectivity index (χ4v) is 4.46. The van der Waals surface area contributed by atoms with Crippen molar-refractivity contribution >= 4 is 5.65 Å². The normalized spacial score (nSPS) is 17.3. The van der Waals surface area contributed by atoms with Gasteiger partial charge in [0, 0.05) is 48.6 Å². The van der Waals surface area contributed by atoms with E-state index in [1.54, 1.807) is 7.11 Å². The van der Waals surface area contributed by atoms with Crippen LogP contribution in [0.5, 0.6) is 5.75 Å². The Labute approximate surface area is 188 Å². The molecule has 7 heteroatoms. The van der Waals surface area contributed by atoms with Crippen LogP contribution in [0.2, 0.25) is 0 Å². The van der Waals surface area contributed by atoms with Crippen LogP contribution >= 0.6 is 0 Å². The van der Waals surface area contributed by atoms with E-state index in [9.17, 15) is 0 Å². The molecular weight excluding hydrogens is 400 g/mol. The van der Waals surface area contributed by atoms with Crippen molar-refractivity contribution in [1.82, 2.24) is 29.3 Å². The topological polar surface area (TPSA) is 60.5 Å². The highest BCUT2D eigenvalue weighted by Crippen LogP contribution is 2.28. The summed E-state index contributed by atoms with van der Waals surface area (Å²) in [7, 11) is 1.69. The van der Waals surface area contributed by atoms with Crippen LogP contribution in [0.25, 0.3) is 16.8 Å². The third-order valence-corrected chi connectivity index (χ3v) is 6.21. The van der Waals surface area contributed by atoms with E-state index < -0.39 is 0 Å². The van der Waals surface area contributed by atoms with Gasteiger partial charge >= 0.3 is 0 Å². The summed E-state index contributed by atoms with van der Waals surface area (Å²) in [5, 5.41) is 9.35. The summed E-state index contributed by atoms with van der Waals surface area (Å²) in [5.74, 6) is 2.14. The van der Waals surface area contributed by atoms with E-state index in [1.807, 2.05) is 39.7 Å². The molecule has 0 saturated carbocycles. The number of ether oxygens (including phenoxy) is 1. The maximum absolute atomic E-state index is 5.37. The van der Waals surface area contributed by atoms with Crippen molar-refractivity contribution in [2.45, 2.75) is 45.2 Å². The van der Waals surface area contributed by atoms with Gasteiger partial charge < -0.3 is 4.74 Å². The third-order valence-electron chi connectivity index (χ3n) is 6.21. The minimum atomic E-state index is 0.351. The molecule has 1 aliphatic heterocycles. The van der Waals surface area contributed by atoms with Gasteiger partial charge in [-0.25, -0.2) is 9.50 Å². The minimum Gasteiger partial charge on any atom is -0.497 e. The van der Waals surface area contributed by atoms with Crippen molar-refractivity contribution in [2.75, 3.05) is 20.2 Å². The molecule has 1 fully saturated rings. The molecule has 0 radical (unpaired) electrons. The Morgan fingerprint density at radius 2 is 2.03 bits per heavy atom. The fraction of sp³-hybridized carbons (Fsp3) is 0.400. The molecule has 0 aliphatic carbocycles. The summed E-state index contributed by atoms with van der Waals surface area (Å²) in [6.45, 7) is 7.32. The Hall–Kier alpha value is -3.19. The Morgan fingerprint density at radius 1 is 1.12 bits per heavy atom. The van der Waals surface area contributed by atoms with Crippen LogP contribution in [0.15, 0.2) is 55.0 Å². The van der Waals surface area contributed by atoms with E-state index in [0.717, 1.165) is 60.8 Å². The van der Waals surface area contributed by atoms with Crippen LogP contribution in [0.1, 0.15) is 50.0 Å². The molecular formula is C25H30N6O. The molecule has 4 aromatic rings. The van der Waals surface area contributed by atoms with Crippen molar-refractivity contribution in [2.24, 2.45) is 0 Å². The first kappa shape index (κ1) is 20.7. The van der Waals surface area contributed by atoms with Gasteiger partial charge in [0.05, 0.1) is 13.3 Å². The largest absolute Gasteiger partial charge is 0.497 e. The van der Waals surface area contributed by atoms with Gasteiger partial charge in [-0.1, -0.05) is 12.1 Å². The smallest absolute Gasteiger partial charge is 0.156 e. The summed E-state index contributed by atoms with van der Waals surface area (Å²) < 4.78 is 9.31. The zero-order chi connectivity index (χ0) is 22.1. The molecule has 0 amide bonds. The quantitative estimate of drug-likeness (QED) is 0.449. The highest BCUT2D eigenvalue weighted by atomic mass is 16.5. The number of fused-ring (bicyclic) bond motifs is 1. The van der Waals surface area contributed by atoms with E-state index in [1.165, 1.54) is 5.56 Å². The lowest BCUT2D eigenvalue weighted by atomic mass is 9.97. The molecule has 4 heterocycles. The Balaban J connectivity index is 1.33. The molecule has 3 aromatic heterocycles. The lowest BCUT2D eigenvalue weighted by Gasteiger charge is -2.30. The first-order chi connectivity index (χ1) is 15.6. The number of nitrogens with zero attached hydrogens (tertiary/aromatic N) is 6. The first-order valence-electron chi connectivity index (χ1n) is 11.3. The highest BCUT2D eigenvalue weighted by molar-refractivity contribution is 5.65. The summed E-state index contributed by atoms with van der Waals surface area (Å²) in [5.41, 5.74) is 4.36. The number of hydrogen-bond acceptors (Lipinski definition) is 5. The molecule has 0 unspecified atom stereocenters. The van der Waals surface area contributed by atoms with Gasteiger partial charge in [-0.3, -0.25) is 9.58 Å². The SMILES string of the molecule is COc1cccc(-c2ccc3nc([C@H]4CCCN(Cc5cnn(C(C)C)c5)C4)nn3c2)c1. The number of benzene rings is 1. The molecule has 1 aliphatic rings. The zero-order valence-electron chi connectivity index (χ0n) is 19.0. The average molecular weight is 431 g/mol. The second kappa shape index (κ2) is 8.74. The molecule has 32 heavy (non-hydrogen) atoms. The van der Waals surface area contributed by atoms with Crippen LogP contribution in [-0.2, 0) is 6.54 Å². The minimum absolute atomic E-state index is 0.351. The zero-order valence-corrected chi connectivity index (χ0v) is 19.0. The second-order valence-corrected chi connectivity index (χ2v) is 8.92. The Kier molecular flexibility index (Phi) is 5.66. The predicted molar refractivity (Wildman–Crippen MR) is 125 cm³/mol. The maximum Gasteiger partial charge on any atom is 0.156 e. The van der Waals surface area contributed by atoms with Crippen LogP contribution in [0.3, 0.4) is 0 Å². The van der Waals surface area contributed by atoms with Crippen molar-refractivity contribution in [1.29, 1.82) is 0 Å². The molecule has 0 N–H and O–H groups in total. The molecule has 0 spiro atoms. The van der Waals surface area contributed by atoms with Crippen LogP contribution < -0.4 is 4.74 Å². The second-order valence-electron chi connectivity index (χ2n) is 8.92. The van der Waals surface area contributed by atoms with Crippen LogP contribution in [0, 0.1) is 0 Å². The van der Waals surface area contributed by atoms with Gasteiger partial charge in [-0.05, 0) is 63.1 Å². The molecule has 7 nitrogen and oxygen atoms in total. The lowest BCUT2D eigenvalue weighted by Crippen LogP contribution is -2.34. The monoisotopic (exact) mass is 430 g/mol. The number of piperidine rings is 1. The first-order valence-corrected chi connectivity index (χ1v) is 11.3. The molecule has 0 bridgehead atoms. The van der Waals surface area contributed by atoms with E-state index in [2.05, 4.69) is 48.4 Å². The molecule has 1 saturated heterocycles.